The number of urea groups is 1. The van der Waals surface area contributed by atoms with Gasteiger partial charge in [-0.1, -0.05) is 12.1 Å². The third-order valence-electron chi connectivity index (χ3n) is 5.19. The summed E-state index contributed by atoms with van der Waals surface area (Å²) in [6, 6.07) is 6.51. The predicted octanol–water partition coefficient (Wildman–Crippen LogP) is 2.91. The zero-order valence-corrected chi connectivity index (χ0v) is 15.8. The van der Waals surface area contributed by atoms with Crippen LogP contribution in [0.5, 0.6) is 0 Å². The highest BCUT2D eigenvalue weighted by atomic mass is 19.1. The standard InChI is InChI=1S/C20H22FN3O3/c1-5-23-12(2)10-16(13(23)3)17(25)11-24-18(26)20(4,22-19(24)27)14-6-8-15(21)9-7-14/h6-10H,5,11H2,1-4H3,(H,22,27). The van der Waals surface area contributed by atoms with Crippen LogP contribution in [0, 0.1) is 19.7 Å². The van der Waals surface area contributed by atoms with Gasteiger partial charge in [0.15, 0.2) is 5.78 Å². The molecule has 1 aromatic heterocycles. The van der Waals surface area contributed by atoms with E-state index >= 15 is 0 Å². The summed E-state index contributed by atoms with van der Waals surface area (Å²) in [5, 5.41) is 2.62. The zero-order valence-electron chi connectivity index (χ0n) is 15.8. The number of ketones is 1. The van der Waals surface area contributed by atoms with Gasteiger partial charge in [0, 0.05) is 23.5 Å². The number of aryl methyl sites for hydroxylation is 1. The van der Waals surface area contributed by atoms with E-state index in [2.05, 4.69) is 5.32 Å². The van der Waals surface area contributed by atoms with Gasteiger partial charge >= 0.3 is 6.03 Å². The van der Waals surface area contributed by atoms with Crippen molar-refractivity contribution in [1.29, 1.82) is 0 Å². The van der Waals surface area contributed by atoms with Crippen molar-refractivity contribution in [3.8, 4) is 0 Å². The van der Waals surface area contributed by atoms with E-state index < -0.39 is 23.3 Å². The molecule has 2 aromatic rings. The van der Waals surface area contributed by atoms with Crippen LogP contribution in [0.2, 0.25) is 0 Å². The smallest absolute Gasteiger partial charge is 0.325 e. The van der Waals surface area contributed by atoms with Gasteiger partial charge in [-0.15, -0.1) is 0 Å². The van der Waals surface area contributed by atoms with E-state index in [9.17, 15) is 18.8 Å². The number of aromatic nitrogens is 1. The number of Topliss-reactive ketones (excluding diaryl/α,β-unsaturated/α-hetero) is 1. The minimum Gasteiger partial charge on any atom is -0.349 e. The fourth-order valence-electron chi connectivity index (χ4n) is 3.62. The van der Waals surface area contributed by atoms with Gasteiger partial charge in [-0.2, -0.15) is 0 Å². The Kier molecular flexibility index (Phi) is 4.63. The van der Waals surface area contributed by atoms with Crippen molar-refractivity contribution in [2.45, 2.75) is 39.8 Å². The predicted molar refractivity (Wildman–Crippen MR) is 97.9 cm³/mol. The van der Waals surface area contributed by atoms with Crippen molar-refractivity contribution in [2.24, 2.45) is 0 Å². The van der Waals surface area contributed by atoms with Gasteiger partial charge in [-0.05, 0) is 51.5 Å². The van der Waals surface area contributed by atoms with E-state index in [0.29, 0.717) is 11.1 Å². The molecule has 0 aliphatic carbocycles. The first-order valence-electron chi connectivity index (χ1n) is 8.79. The molecule has 1 atom stereocenters. The Labute approximate surface area is 157 Å². The minimum atomic E-state index is -1.33. The molecule has 6 nitrogen and oxygen atoms in total. The number of hydrogen-bond acceptors (Lipinski definition) is 3. The highest BCUT2D eigenvalue weighted by Crippen LogP contribution is 2.29. The molecule has 1 aromatic carbocycles. The lowest BCUT2D eigenvalue weighted by Crippen LogP contribution is -2.41. The summed E-state index contributed by atoms with van der Waals surface area (Å²) < 4.78 is 15.2. The molecule has 1 unspecified atom stereocenters. The average molecular weight is 371 g/mol. The monoisotopic (exact) mass is 371 g/mol. The molecule has 27 heavy (non-hydrogen) atoms. The SMILES string of the molecule is CCn1c(C)cc(C(=O)CN2C(=O)NC(C)(c3ccc(F)cc3)C2=O)c1C. The summed E-state index contributed by atoms with van der Waals surface area (Å²) in [6.07, 6.45) is 0. The Morgan fingerprint density at radius 2 is 1.81 bits per heavy atom. The number of carbonyl (C=O) groups is 3. The molecule has 1 aliphatic heterocycles. The van der Waals surface area contributed by atoms with Crippen molar-refractivity contribution in [3.05, 3.63) is 58.7 Å². The maximum atomic E-state index is 13.2. The number of hydrogen-bond donors (Lipinski definition) is 1. The Bertz CT molecular complexity index is 933. The number of amides is 3. The Morgan fingerprint density at radius 1 is 1.19 bits per heavy atom. The number of carbonyl (C=O) groups excluding carboxylic acids is 3. The highest BCUT2D eigenvalue weighted by molar-refractivity contribution is 6.11. The number of nitrogens with zero attached hydrogens (tertiary/aromatic N) is 2. The molecular weight excluding hydrogens is 349 g/mol. The highest BCUT2D eigenvalue weighted by Gasteiger charge is 2.49. The fraction of sp³-hybridized carbons (Fsp3) is 0.350. The summed E-state index contributed by atoms with van der Waals surface area (Å²) >= 11 is 0. The lowest BCUT2D eigenvalue weighted by atomic mass is 9.92. The van der Waals surface area contributed by atoms with Crippen LogP contribution < -0.4 is 5.32 Å². The Hall–Kier alpha value is -2.96. The largest absolute Gasteiger partial charge is 0.349 e. The van der Waals surface area contributed by atoms with Crippen molar-refractivity contribution in [1.82, 2.24) is 14.8 Å². The molecule has 0 saturated carbocycles. The van der Waals surface area contributed by atoms with E-state index in [1.165, 1.54) is 24.3 Å². The molecule has 0 spiro atoms. The molecule has 0 radical (unpaired) electrons. The lowest BCUT2D eigenvalue weighted by molar-refractivity contribution is -0.130. The van der Waals surface area contributed by atoms with Gasteiger partial charge in [0.05, 0.1) is 6.54 Å². The van der Waals surface area contributed by atoms with Gasteiger partial charge in [0.25, 0.3) is 5.91 Å². The molecule has 142 valence electrons. The number of halogens is 1. The van der Waals surface area contributed by atoms with Gasteiger partial charge in [-0.25, -0.2) is 9.18 Å². The van der Waals surface area contributed by atoms with Crippen molar-refractivity contribution < 1.29 is 18.8 Å². The number of nitrogens with one attached hydrogen (secondary N) is 1. The molecule has 3 amide bonds. The van der Waals surface area contributed by atoms with Crippen molar-refractivity contribution in [2.75, 3.05) is 6.54 Å². The van der Waals surface area contributed by atoms with Gasteiger partial charge < -0.3 is 9.88 Å². The first-order chi connectivity index (χ1) is 12.7. The zero-order chi connectivity index (χ0) is 19.9. The van der Waals surface area contributed by atoms with Crippen LogP contribution in [0.3, 0.4) is 0 Å². The van der Waals surface area contributed by atoms with Crippen LogP contribution in [0.15, 0.2) is 30.3 Å². The van der Waals surface area contributed by atoms with Gasteiger partial charge in [0.1, 0.15) is 11.4 Å². The average Bonchev–Trinajstić information content (AvgIpc) is 3.03. The second kappa shape index (κ2) is 6.64. The van der Waals surface area contributed by atoms with Crippen LogP contribution in [0.25, 0.3) is 0 Å². The molecule has 1 saturated heterocycles. The van der Waals surface area contributed by atoms with E-state index in [4.69, 9.17) is 0 Å². The third-order valence-corrected chi connectivity index (χ3v) is 5.19. The molecule has 1 aliphatic rings. The Morgan fingerprint density at radius 3 is 2.37 bits per heavy atom. The van der Waals surface area contributed by atoms with Crippen LogP contribution in [0.4, 0.5) is 9.18 Å². The van der Waals surface area contributed by atoms with E-state index in [0.717, 1.165) is 22.8 Å². The third kappa shape index (κ3) is 3.03. The molecule has 1 N–H and O–H groups in total. The Balaban J connectivity index is 1.86. The van der Waals surface area contributed by atoms with Crippen LogP contribution in [-0.2, 0) is 16.9 Å². The summed E-state index contributed by atoms with van der Waals surface area (Å²) in [6.45, 7) is 7.69. The summed E-state index contributed by atoms with van der Waals surface area (Å²) in [5.74, 6) is -1.26. The maximum Gasteiger partial charge on any atom is 0.325 e. The molecular formula is C20H22FN3O3. The summed E-state index contributed by atoms with van der Waals surface area (Å²) in [7, 11) is 0. The van der Waals surface area contributed by atoms with E-state index in [-0.39, 0.29) is 12.3 Å². The van der Waals surface area contributed by atoms with E-state index in [1.807, 2.05) is 25.3 Å². The second-order valence-corrected chi connectivity index (χ2v) is 6.91. The summed E-state index contributed by atoms with van der Waals surface area (Å²) in [4.78, 5) is 38.9. The first kappa shape index (κ1) is 18.8. The normalized spacial score (nSPS) is 19.5. The topological polar surface area (TPSA) is 71.4 Å². The van der Waals surface area contributed by atoms with Gasteiger partial charge in [0.2, 0.25) is 0 Å². The van der Waals surface area contributed by atoms with Crippen LogP contribution >= 0.6 is 0 Å². The number of imide groups is 1. The van der Waals surface area contributed by atoms with Crippen LogP contribution in [0.1, 0.15) is 41.2 Å². The quantitative estimate of drug-likeness (QED) is 0.649. The second-order valence-electron chi connectivity index (χ2n) is 6.91. The first-order valence-corrected chi connectivity index (χ1v) is 8.79. The molecule has 1 fully saturated rings. The van der Waals surface area contributed by atoms with Crippen molar-refractivity contribution >= 4 is 17.7 Å². The number of benzene rings is 1. The molecule has 2 heterocycles. The minimum absolute atomic E-state index is 0.297. The van der Waals surface area contributed by atoms with Gasteiger partial charge in [-0.3, -0.25) is 14.5 Å². The fourth-order valence-corrected chi connectivity index (χ4v) is 3.62. The van der Waals surface area contributed by atoms with Crippen LogP contribution in [-0.4, -0.2) is 33.7 Å². The summed E-state index contributed by atoms with van der Waals surface area (Å²) in [5.41, 5.74) is 1.40. The lowest BCUT2D eigenvalue weighted by Gasteiger charge is -2.22. The van der Waals surface area contributed by atoms with Crippen molar-refractivity contribution in [3.63, 3.8) is 0 Å². The molecule has 7 heteroatoms. The maximum absolute atomic E-state index is 13.2. The number of rotatable bonds is 5. The molecule has 3 rings (SSSR count). The molecule has 0 bridgehead atoms. The van der Waals surface area contributed by atoms with E-state index in [1.54, 1.807) is 13.0 Å².